The van der Waals surface area contributed by atoms with Crippen molar-refractivity contribution < 1.29 is 4.92 Å². The lowest BCUT2D eigenvalue weighted by molar-refractivity contribution is -0.385. The number of pyridine rings is 1. The Bertz CT molecular complexity index is 832. The monoisotopic (exact) mass is 443 g/mol. The molecule has 100 valence electrons. The highest BCUT2D eigenvalue weighted by atomic mass is 127. The Kier molecular flexibility index (Phi) is 3.47. The number of fused-ring (bicyclic) bond motifs is 1. The summed E-state index contributed by atoms with van der Waals surface area (Å²) < 4.78 is 3.47. The van der Waals surface area contributed by atoms with Gasteiger partial charge in [-0.25, -0.2) is 4.98 Å². The number of benzene rings is 1. The highest BCUT2D eigenvalue weighted by Gasteiger charge is 2.14. The van der Waals surface area contributed by atoms with Crippen LogP contribution in [0.1, 0.15) is 0 Å². The number of halogens is 2. The van der Waals surface area contributed by atoms with Crippen LogP contribution >= 0.6 is 38.5 Å². The Morgan fingerprint density at radius 3 is 2.80 bits per heavy atom. The van der Waals surface area contributed by atoms with Crippen molar-refractivity contribution in [1.82, 2.24) is 9.38 Å². The standard InChI is InChI=1S/C13H7BrIN3O2/c14-10-3-1-8(5-12(10)18(19)20)11-7-17-6-9(15)2-4-13(17)16-11/h1-7H. The summed E-state index contributed by atoms with van der Waals surface area (Å²) in [6.45, 7) is 0. The molecule has 0 amide bonds. The quantitative estimate of drug-likeness (QED) is 0.337. The minimum atomic E-state index is -0.410. The van der Waals surface area contributed by atoms with E-state index in [0.29, 0.717) is 10.2 Å². The van der Waals surface area contributed by atoms with Gasteiger partial charge >= 0.3 is 0 Å². The molecule has 2 aromatic heterocycles. The molecule has 0 spiro atoms. The van der Waals surface area contributed by atoms with E-state index in [1.54, 1.807) is 6.07 Å². The van der Waals surface area contributed by atoms with Crippen LogP contribution in [0.5, 0.6) is 0 Å². The number of nitrogens with zero attached hydrogens (tertiary/aromatic N) is 3. The molecular weight excluding hydrogens is 437 g/mol. The van der Waals surface area contributed by atoms with Crippen molar-refractivity contribution in [3.05, 3.63) is 60.9 Å². The van der Waals surface area contributed by atoms with Gasteiger partial charge in [-0.2, -0.15) is 0 Å². The Balaban J connectivity index is 2.15. The number of hydrogen-bond acceptors (Lipinski definition) is 3. The molecule has 0 saturated heterocycles. The molecule has 0 unspecified atom stereocenters. The molecule has 0 N–H and O–H groups in total. The normalized spacial score (nSPS) is 10.9. The maximum absolute atomic E-state index is 11.0. The topological polar surface area (TPSA) is 60.4 Å². The van der Waals surface area contributed by atoms with E-state index in [9.17, 15) is 10.1 Å². The van der Waals surface area contributed by atoms with Gasteiger partial charge in [0.2, 0.25) is 0 Å². The van der Waals surface area contributed by atoms with E-state index in [1.165, 1.54) is 6.07 Å². The summed E-state index contributed by atoms with van der Waals surface area (Å²) in [6.07, 6.45) is 3.82. The predicted octanol–water partition coefficient (Wildman–Crippen LogP) is 4.28. The fourth-order valence-electron chi connectivity index (χ4n) is 1.92. The van der Waals surface area contributed by atoms with Crippen LogP contribution in [0.15, 0.2) is 47.2 Å². The third kappa shape index (κ3) is 2.42. The summed E-state index contributed by atoms with van der Waals surface area (Å²) in [7, 11) is 0. The Hall–Kier alpha value is -1.48. The van der Waals surface area contributed by atoms with E-state index in [2.05, 4.69) is 43.5 Å². The molecule has 0 atom stereocenters. The highest BCUT2D eigenvalue weighted by molar-refractivity contribution is 14.1. The summed E-state index contributed by atoms with van der Waals surface area (Å²) in [5, 5.41) is 11.0. The van der Waals surface area contributed by atoms with Crippen LogP contribution in [0, 0.1) is 13.7 Å². The van der Waals surface area contributed by atoms with Gasteiger partial charge in [-0.3, -0.25) is 10.1 Å². The van der Waals surface area contributed by atoms with Gasteiger partial charge in [0.15, 0.2) is 0 Å². The van der Waals surface area contributed by atoms with Crippen LogP contribution in [0.25, 0.3) is 16.9 Å². The minimum Gasteiger partial charge on any atom is -0.305 e. The molecule has 0 bridgehead atoms. The van der Waals surface area contributed by atoms with Gasteiger partial charge in [0.1, 0.15) is 5.65 Å². The lowest BCUT2D eigenvalue weighted by atomic mass is 10.1. The fraction of sp³-hybridized carbons (Fsp3) is 0. The number of rotatable bonds is 2. The molecule has 0 fully saturated rings. The summed E-state index contributed by atoms with van der Waals surface area (Å²) in [4.78, 5) is 15.0. The number of nitro groups is 1. The van der Waals surface area contributed by atoms with Gasteiger partial charge in [-0.05, 0) is 56.7 Å². The zero-order valence-corrected chi connectivity index (χ0v) is 13.7. The van der Waals surface area contributed by atoms with Gasteiger partial charge in [-0.1, -0.05) is 6.07 Å². The van der Waals surface area contributed by atoms with Crippen LogP contribution in [0.4, 0.5) is 5.69 Å². The van der Waals surface area contributed by atoms with Crippen LogP contribution in [0.2, 0.25) is 0 Å². The van der Waals surface area contributed by atoms with Gasteiger partial charge < -0.3 is 4.40 Å². The molecule has 1 aromatic carbocycles. The summed E-state index contributed by atoms with van der Waals surface area (Å²) in [5.41, 5.74) is 2.28. The first kappa shape index (κ1) is 13.5. The summed E-state index contributed by atoms with van der Waals surface area (Å²) >= 11 is 5.41. The molecule has 0 aliphatic rings. The predicted molar refractivity (Wildman–Crippen MR) is 87.7 cm³/mol. The maximum atomic E-state index is 11.0. The maximum Gasteiger partial charge on any atom is 0.284 e. The van der Waals surface area contributed by atoms with E-state index in [4.69, 9.17) is 0 Å². The van der Waals surface area contributed by atoms with Crippen molar-refractivity contribution in [2.75, 3.05) is 0 Å². The number of nitro benzene ring substituents is 1. The molecule has 2 heterocycles. The van der Waals surface area contributed by atoms with Gasteiger partial charge in [0, 0.05) is 27.6 Å². The second-order valence-electron chi connectivity index (χ2n) is 4.16. The van der Waals surface area contributed by atoms with E-state index in [1.807, 2.05) is 35.0 Å². The van der Waals surface area contributed by atoms with Crippen molar-refractivity contribution >= 4 is 49.9 Å². The molecule has 0 aliphatic carbocycles. The van der Waals surface area contributed by atoms with Crippen molar-refractivity contribution in [3.63, 3.8) is 0 Å². The van der Waals surface area contributed by atoms with Crippen LogP contribution < -0.4 is 0 Å². The molecular formula is C13H7BrIN3O2. The molecule has 20 heavy (non-hydrogen) atoms. The zero-order chi connectivity index (χ0) is 14.3. The van der Waals surface area contributed by atoms with Crippen molar-refractivity contribution in [2.45, 2.75) is 0 Å². The largest absolute Gasteiger partial charge is 0.305 e. The number of aromatic nitrogens is 2. The highest BCUT2D eigenvalue weighted by Crippen LogP contribution is 2.30. The molecule has 3 aromatic rings. The average Bonchev–Trinajstić information content (AvgIpc) is 2.81. The van der Waals surface area contributed by atoms with Crippen molar-refractivity contribution in [1.29, 1.82) is 0 Å². The van der Waals surface area contributed by atoms with Crippen molar-refractivity contribution in [3.8, 4) is 11.3 Å². The second-order valence-corrected chi connectivity index (χ2v) is 6.26. The first-order valence-corrected chi connectivity index (χ1v) is 7.50. The van der Waals surface area contributed by atoms with E-state index < -0.39 is 4.92 Å². The zero-order valence-electron chi connectivity index (χ0n) is 9.96. The minimum absolute atomic E-state index is 0.0362. The Labute approximate surface area is 136 Å². The molecule has 0 saturated carbocycles. The van der Waals surface area contributed by atoms with Gasteiger partial charge in [0.05, 0.1) is 15.1 Å². The summed E-state index contributed by atoms with van der Waals surface area (Å²) in [6, 6.07) is 8.89. The number of hydrogen-bond donors (Lipinski definition) is 0. The van der Waals surface area contributed by atoms with Gasteiger partial charge in [-0.15, -0.1) is 0 Å². The molecule has 0 radical (unpaired) electrons. The smallest absolute Gasteiger partial charge is 0.284 e. The third-order valence-corrected chi connectivity index (χ3v) is 4.16. The Morgan fingerprint density at radius 2 is 2.05 bits per heavy atom. The fourth-order valence-corrected chi connectivity index (χ4v) is 2.79. The Morgan fingerprint density at radius 1 is 1.25 bits per heavy atom. The average molecular weight is 444 g/mol. The van der Waals surface area contributed by atoms with Crippen LogP contribution in [0.3, 0.4) is 0 Å². The number of imidazole rings is 1. The first-order valence-electron chi connectivity index (χ1n) is 5.63. The molecule has 7 heteroatoms. The van der Waals surface area contributed by atoms with Gasteiger partial charge in [0.25, 0.3) is 5.69 Å². The van der Waals surface area contributed by atoms with Crippen LogP contribution in [-0.4, -0.2) is 14.3 Å². The molecule has 0 aliphatic heterocycles. The lowest BCUT2D eigenvalue weighted by Gasteiger charge is -1.98. The van der Waals surface area contributed by atoms with E-state index in [0.717, 1.165) is 14.8 Å². The SMILES string of the molecule is O=[N+]([O-])c1cc(-c2cn3cc(I)ccc3n2)ccc1Br. The lowest BCUT2D eigenvalue weighted by Crippen LogP contribution is -1.90. The molecule has 3 rings (SSSR count). The summed E-state index contributed by atoms with van der Waals surface area (Å²) in [5.74, 6) is 0. The third-order valence-electron chi connectivity index (χ3n) is 2.85. The first-order chi connectivity index (χ1) is 9.54. The van der Waals surface area contributed by atoms with Crippen molar-refractivity contribution in [2.24, 2.45) is 0 Å². The second kappa shape index (κ2) is 5.13. The van der Waals surface area contributed by atoms with E-state index >= 15 is 0 Å². The molecule has 5 nitrogen and oxygen atoms in total. The van der Waals surface area contributed by atoms with E-state index in [-0.39, 0.29) is 5.69 Å². The van der Waals surface area contributed by atoms with Crippen LogP contribution in [-0.2, 0) is 0 Å².